The number of hydrogen-bond acceptors (Lipinski definition) is 3. The minimum absolute atomic E-state index is 0.101. The first-order valence-electron chi connectivity index (χ1n) is 9.87. The molecule has 1 rings (SSSR count). The lowest BCUT2D eigenvalue weighted by Gasteiger charge is -2.33. The van der Waals surface area contributed by atoms with E-state index in [2.05, 4.69) is 26.8 Å². The number of hydrogen-bond donors (Lipinski definition) is 1. The molecule has 0 saturated carbocycles. The second-order valence-corrected chi connectivity index (χ2v) is 8.12. The minimum Gasteiger partial charge on any atom is -0.481 e. The zero-order valence-electron chi connectivity index (χ0n) is 18.1. The van der Waals surface area contributed by atoms with Gasteiger partial charge >= 0.3 is 11.9 Å². The molecule has 0 saturated heterocycles. The number of esters is 1. The van der Waals surface area contributed by atoms with Crippen molar-refractivity contribution in [1.82, 2.24) is 0 Å². The Bertz CT molecular complexity index is 743. The molecule has 0 aromatic rings. The van der Waals surface area contributed by atoms with Gasteiger partial charge < -0.3 is 9.84 Å². The number of rotatable bonds is 8. The predicted octanol–water partition coefficient (Wildman–Crippen LogP) is 6.27. The lowest BCUT2D eigenvalue weighted by Crippen LogP contribution is -2.19. The average molecular weight is 387 g/mol. The monoisotopic (exact) mass is 386 g/mol. The molecule has 28 heavy (non-hydrogen) atoms. The predicted molar refractivity (Wildman–Crippen MR) is 114 cm³/mol. The summed E-state index contributed by atoms with van der Waals surface area (Å²) in [6, 6.07) is 0. The van der Waals surface area contributed by atoms with Gasteiger partial charge in [-0.3, -0.25) is 9.59 Å². The average Bonchev–Trinajstić information content (AvgIpc) is 2.56. The fraction of sp³-hybridized carbons (Fsp3) is 0.500. The fourth-order valence-corrected chi connectivity index (χ4v) is 3.40. The molecule has 0 aliphatic heterocycles. The first-order chi connectivity index (χ1) is 13.0. The van der Waals surface area contributed by atoms with Crippen molar-refractivity contribution >= 4 is 11.9 Å². The highest BCUT2D eigenvalue weighted by Crippen LogP contribution is 2.40. The Morgan fingerprint density at radius 3 is 2.39 bits per heavy atom. The molecule has 4 heteroatoms. The summed E-state index contributed by atoms with van der Waals surface area (Å²) in [6.07, 6.45) is 13.7. The first kappa shape index (κ1) is 23.7. The van der Waals surface area contributed by atoms with Crippen LogP contribution >= 0.6 is 0 Å². The van der Waals surface area contributed by atoms with E-state index in [-0.39, 0.29) is 17.8 Å². The van der Waals surface area contributed by atoms with Crippen molar-refractivity contribution in [3.05, 3.63) is 58.4 Å². The number of allylic oxidation sites excluding steroid dienone is 9. The van der Waals surface area contributed by atoms with Gasteiger partial charge in [-0.05, 0) is 69.1 Å². The third-order valence-corrected chi connectivity index (χ3v) is 5.01. The highest BCUT2D eigenvalue weighted by molar-refractivity contribution is 5.68. The van der Waals surface area contributed by atoms with Gasteiger partial charge in [-0.1, -0.05) is 49.3 Å². The Kier molecular flexibility index (Phi) is 9.17. The van der Waals surface area contributed by atoms with Crippen LogP contribution in [-0.4, -0.2) is 17.0 Å². The maximum Gasteiger partial charge on any atom is 0.308 e. The third-order valence-electron chi connectivity index (χ3n) is 5.01. The summed E-state index contributed by atoms with van der Waals surface area (Å²) in [6.45, 7) is 11.9. The van der Waals surface area contributed by atoms with E-state index < -0.39 is 5.97 Å². The number of carbonyl (C=O) groups is 2. The van der Waals surface area contributed by atoms with Crippen LogP contribution in [0.15, 0.2) is 58.4 Å². The molecule has 1 aliphatic carbocycles. The summed E-state index contributed by atoms with van der Waals surface area (Å²) in [5.74, 6) is -0.681. The summed E-state index contributed by atoms with van der Waals surface area (Å²) >= 11 is 0. The van der Waals surface area contributed by atoms with Crippen molar-refractivity contribution < 1.29 is 19.4 Å². The van der Waals surface area contributed by atoms with Gasteiger partial charge in [0.1, 0.15) is 5.76 Å². The van der Waals surface area contributed by atoms with Crippen LogP contribution in [0.5, 0.6) is 0 Å². The lowest BCUT2D eigenvalue weighted by molar-refractivity contribution is -0.137. The molecular formula is C24H34O4. The number of carboxylic acids is 1. The molecule has 154 valence electrons. The Morgan fingerprint density at radius 1 is 1.14 bits per heavy atom. The van der Waals surface area contributed by atoms with E-state index in [4.69, 9.17) is 9.84 Å². The van der Waals surface area contributed by atoms with Crippen LogP contribution in [-0.2, 0) is 14.3 Å². The van der Waals surface area contributed by atoms with E-state index in [1.807, 2.05) is 32.1 Å². The van der Waals surface area contributed by atoms with Crippen LogP contribution in [0.25, 0.3) is 0 Å². The minimum atomic E-state index is -0.815. The van der Waals surface area contributed by atoms with E-state index in [9.17, 15) is 9.59 Å². The van der Waals surface area contributed by atoms with Crippen molar-refractivity contribution in [3.8, 4) is 0 Å². The molecular weight excluding hydrogens is 352 g/mol. The van der Waals surface area contributed by atoms with Crippen molar-refractivity contribution in [2.75, 3.05) is 0 Å². The Labute approximate surface area is 169 Å². The summed E-state index contributed by atoms with van der Waals surface area (Å²) in [7, 11) is 0. The molecule has 1 N–H and O–H groups in total. The SMILES string of the molecule is CC(=O)OC(/C=C\C(C)=C/CCC(=O)O)=C(C)C=CC1=C(C)CCCC1(C)C. The van der Waals surface area contributed by atoms with Gasteiger partial charge in [0.2, 0.25) is 0 Å². The summed E-state index contributed by atoms with van der Waals surface area (Å²) in [4.78, 5) is 22.1. The number of carboxylic acid groups (broad SMARTS) is 1. The van der Waals surface area contributed by atoms with Crippen molar-refractivity contribution in [2.45, 2.75) is 73.6 Å². The van der Waals surface area contributed by atoms with E-state index in [1.165, 1.54) is 30.9 Å². The van der Waals surface area contributed by atoms with E-state index in [1.54, 1.807) is 6.08 Å². The molecule has 0 spiro atoms. The fourth-order valence-electron chi connectivity index (χ4n) is 3.40. The molecule has 0 heterocycles. The van der Waals surface area contributed by atoms with E-state index in [0.29, 0.717) is 12.2 Å². The second kappa shape index (κ2) is 10.8. The van der Waals surface area contributed by atoms with Crippen LogP contribution in [0, 0.1) is 5.41 Å². The van der Waals surface area contributed by atoms with Crippen molar-refractivity contribution in [2.24, 2.45) is 5.41 Å². The molecule has 0 aromatic heterocycles. The van der Waals surface area contributed by atoms with Gasteiger partial charge in [-0.2, -0.15) is 0 Å². The first-order valence-corrected chi connectivity index (χ1v) is 9.87. The maximum absolute atomic E-state index is 11.5. The normalized spacial score (nSPS) is 18.6. The number of aliphatic carboxylic acids is 1. The maximum atomic E-state index is 11.5. The topological polar surface area (TPSA) is 63.6 Å². The summed E-state index contributed by atoms with van der Waals surface area (Å²) < 4.78 is 5.39. The second-order valence-electron chi connectivity index (χ2n) is 8.12. The Morgan fingerprint density at radius 2 is 1.82 bits per heavy atom. The molecule has 0 bridgehead atoms. The third kappa shape index (κ3) is 8.12. The van der Waals surface area contributed by atoms with E-state index >= 15 is 0 Å². The standard InChI is InChI=1S/C24H34O4/c1-17(9-7-11-23(26)27)12-15-22(28-20(4)25)19(3)13-14-21-18(2)10-8-16-24(21,5)6/h9,12-15H,7-8,10-11,16H2,1-6H3,(H,26,27)/b14-13?,15-12-,17-9-,22-19?. The van der Waals surface area contributed by atoms with Gasteiger partial charge in [0.25, 0.3) is 0 Å². The molecule has 0 amide bonds. The van der Waals surface area contributed by atoms with Crippen LogP contribution in [0.3, 0.4) is 0 Å². The Hall–Kier alpha value is -2.36. The van der Waals surface area contributed by atoms with Gasteiger partial charge in [-0.25, -0.2) is 0 Å². The van der Waals surface area contributed by atoms with Crippen LogP contribution in [0.1, 0.15) is 73.6 Å². The van der Waals surface area contributed by atoms with E-state index in [0.717, 1.165) is 17.6 Å². The quantitative estimate of drug-likeness (QED) is 0.303. The smallest absolute Gasteiger partial charge is 0.308 e. The zero-order valence-corrected chi connectivity index (χ0v) is 18.1. The van der Waals surface area contributed by atoms with Gasteiger partial charge in [-0.15, -0.1) is 0 Å². The molecule has 1 aliphatic rings. The number of carbonyl (C=O) groups excluding carboxylic acids is 1. The van der Waals surface area contributed by atoms with Gasteiger partial charge in [0.15, 0.2) is 0 Å². The van der Waals surface area contributed by atoms with Gasteiger partial charge in [0.05, 0.1) is 0 Å². The number of ether oxygens (including phenoxy) is 1. The molecule has 0 atom stereocenters. The lowest BCUT2D eigenvalue weighted by atomic mass is 9.72. The van der Waals surface area contributed by atoms with Crippen molar-refractivity contribution in [1.29, 1.82) is 0 Å². The summed E-state index contributed by atoms with van der Waals surface area (Å²) in [5, 5.41) is 8.71. The van der Waals surface area contributed by atoms with Crippen LogP contribution in [0.4, 0.5) is 0 Å². The molecule has 4 nitrogen and oxygen atoms in total. The highest BCUT2D eigenvalue weighted by atomic mass is 16.5. The van der Waals surface area contributed by atoms with Crippen molar-refractivity contribution in [3.63, 3.8) is 0 Å². The van der Waals surface area contributed by atoms with Crippen LogP contribution in [0.2, 0.25) is 0 Å². The molecule has 0 aromatic carbocycles. The molecule has 0 unspecified atom stereocenters. The molecule has 0 radical (unpaired) electrons. The van der Waals surface area contributed by atoms with Gasteiger partial charge in [0, 0.05) is 13.3 Å². The molecule has 0 fully saturated rings. The summed E-state index contributed by atoms with van der Waals surface area (Å²) in [5.41, 5.74) is 4.72. The zero-order chi connectivity index (χ0) is 21.3. The highest BCUT2D eigenvalue weighted by Gasteiger charge is 2.26. The Balaban J connectivity index is 3.06. The largest absolute Gasteiger partial charge is 0.481 e. The van der Waals surface area contributed by atoms with Crippen LogP contribution < -0.4 is 0 Å².